The molecule has 3 rings (SSSR count). The second kappa shape index (κ2) is 7.88. The van der Waals surface area contributed by atoms with Crippen molar-refractivity contribution in [3.8, 4) is 0 Å². The number of rotatable bonds is 3. The van der Waals surface area contributed by atoms with Gasteiger partial charge in [0.2, 0.25) is 5.91 Å². The van der Waals surface area contributed by atoms with Crippen LogP contribution in [0, 0.1) is 11.8 Å². The number of carbonyl (C=O) groups excluding carboxylic acids is 1. The molecule has 2 aliphatic rings. The average molecular weight is 351 g/mol. The molecule has 1 amide bonds. The predicted octanol–water partition coefficient (Wildman–Crippen LogP) is 3.41. The van der Waals surface area contributed by atoms with Crippen molar-refractivity contribution in [3.05, 3.63) is 35.4 Å². The first kappa shape index (κ1) is 19.3. The van der Waals surface area contributed by atoms with E-state index in [1.165, 1.54) is 5.56 Å². The van der Waals surface area contributed by atoms with E-state index in [1.54, 1.807) is 0 Å². The Morgan fingerprint density at radius 3 is 2.17 bits per heavy atom. The van der Waals surface area contributed by atoms with Crippen LogP contribution in [-0.4, -0.2) is 37.0 Å². The monoisotopic (exact) mass is 350 g/mol. The van der Waals surface area contributed by atoms with Crippen LogP contribution in [0.15, 0.2) is 24.3 Å². The lowest BCUT2D eigenvalue weighted by atomic mass is 9.82. The molecule has 0 bridgehead atoms. The minimum absolute atomic E-state index is 0. The van der Waals surface area contributed by atoms with Crippen molar-refractivity contribution in [2.24, 2.45) is 11.8 Å². The third-order valence-corrected chi connectivity index (χ3v) is 5.93. The van der Waals surface area contributed by atoms with Gasteiger partial charge in [0.05, 0.1) is 5.41 Å². The van der Waals surface area contributed by atoms with Crippen LogP contribution in [0.4, 0.5) is 0 Å². The van der Waals surface area contributed by atoms with Gasteiger partial charge in [0, 0.05) is 13.1 Å². The van der Waals surface area contributed by atoms with Crippen LogP contribution in [0.25, 0.3) is 0 Å². The second-order valence-electron chi connectivity index (χ2n) is 7.72. The Balaban J connectivity index is 0.00000208. The van der Waals surface area contributed by atoms with Gasteiger partial charge in [-0.1, -0.05) is 31.2 Å². The maximum absolute atomic E-state index is 13.2. The third kappa shape index (κ3) is 3.78. The Bertz CT molecular complexity index is 541. The summed E-state index contributed by atoms with van der Waals surface area (Å²) in [5.41, 5.74) is 2.02. The van der Waals surface area contributed by atoms with Crippen LogP contribution in [0.5, 0.6) is 0 Å². The Hall–Kier alpha value is -1.06. The number of carbonyl (C=O) groups is 1. The summed E-state index contributed by atoms with van der Waals surface area (Å²) < 4.78 is 0. The molecule has 0 aromatic heterocycles. The molecule has 2 heterocycles. The molecular formula is C20H31ClN2O. The van der Waals surface area contributed by atoms with Crippen LogP contribution in [-0.2, 0) is 16.6 Å². The van der Waals surface area contributed by atoms with E-state index >= 15 is 0 Å². The highest BCUT2D eigenvalue weighted by molar-refractivity contribution is 5.87. The van der Waals surface area contributed by atoms with Gasteiger partial charge < -0.3 is 10.2 Å². The van der Waals surface area contributed by atoms with Gasteiger partial charge in [0.25, 0.3) is 0 Å². The van der Waals surface area contributed by atoms with E-state index in [9.17, 15) is 4.79 Å². The van der Waals surface area contributed by atoms with Crippen molar-refractivity contribution in [1.82, 2.24) is 10.2 Å². The maximum atomic E-state index is 13.2. The molecule has 2 atom stereocenters. The van der Waals surface area contributed by atoms with Crippen molar-refractivity contribution in [2.45, 2.75) is 45.4 Å². The normalized spacial score (nSPS) is 24.0. The topological polar surface area (TPSA) is 32.3 Å². The second-order valence-corrected chi connectivity index (χ2v) is 7.72. The number of hydrogen-bond acceptors (Lipinski definition) is 2. The zero-order valence-corrected chi connectivity index (χ0v) is 16.0. The van der Waals surface area contributed by atoms with Crippen molar-refractivity contribution in [1.29, 1.82) is 0 Å². The van der Waals surface area contributed by atoms with E-state index in [4.69, 9.17) is 0 Å². The quantitative estimate of drug-likeness (QED) is 0.906. The van der Waals surface area contributed by atoms with Gasteiger partial charge in [0.1, 0.15) is 0 Å². The van der Waals surface area contributed by atoms with Crippen molar-refractivity contribution in [3.63, 3.8) is 0 Å². The number of nitrogens with one attached hydrogen (secondary N) is 1. The zero-order chi connectivity index (χ0) is 16.4. The average Bonchev–Trinajstić information content (AvgIpc) is 2.93. The number of nitrogens with zero attached hydrogens (tertiary/aromatic N) is 1. The number of likely N-dealkylation sites (tertiary alicyclic amines) is 1. The van der Waals surface area contributed by atoms with E-state index in [-0.39, 0.29) is 18.3 Å². The van der Waals surface area contributed by atoms with Crippen LogP contribution in [0.3, 0.4) is 0 Å². The van der Waals surface area contributed by atoms with Crippen molar-refractivity contribution in [2.75, 3.05) is 26.2 Å². The molecule has 3 nitrogen and oxygen atoms in total. The minimum atomic E-state index is -0.441. The molecule has 0 saturated carbocycles. The van der Waals surface area contributed by atoms with Gasteiger partial charge in [0.15, 0.2) is 0 Å². The molecule has 1 N–H and O–H groups in total. The van der Waals surface area contributed by atoms with Crippen LogP contribution < -0.4 is 5.32 Å². The largest absolute Gasteiger partial charge is 0.342 e. The fourth-order valence-electron chi connectivity index (χ4n) is 4.10. The predicted molar refractivity (Wildman–Crippen MR) is 102 cm³/mol. The van der Waals surface area contributed by atoms with Crippen molar-refractivity contribution >= 4 is 18.3 Å². The first-order valence-electron chi connectivity index (χ1n) is 9.12. The Kier molecular flexibility index (Phi) is 6.33. The Morgan fingerprint density at radius 1 is 1.12 bits per heavy atom. The van der Waals surface area contributed by atoms with E-state index in [0.717, 1.165) is 62.8 Å². The smallest absolute Gasteiger partial charge is 0.232 e. The summed E-state index contributed by atoms with van der Waals surface area (Å²) in [5, 5.41) is 3.50. The lowest BCUT2D eigenvalue weighted by Gasteiger charge is -2.32. The number of halogens is 1. The minimum Gasteiger partial charge on any atom is -0.342 e. The summed E-state index contributed by atoms with van der Waals surface area (Å²) >= 11 is 0. The number of aryl methyl sites for hydroxylation is 1. The summed E-state index contributed by atoms with van der Waals surface area (Å²) in [4.78, 5) is 15.3. The highest BCUT2D eigenvalue weighted by Gasteiger charge is 2.37. The summed E-state index contributed by atoms with van der Waals surface area (Å²) in [6.45, 7) is 10.4. The molecule has 1 aromatic rings. The number of fused-ring (bicyclic) bond motifs is 1. The van der Waals surface area contributed by atoms with Gasteiger partial charge in [-0.2, -0.15) is 0 Å². The Labute approximate surface area is 152 Å². The fourth-order valence-corrected chi connectivity index (χ4v) is 4.10. The van der Waals surface area contributed by atoms with Crippen LogP contribution in [0.2, 0.25) is 0 Å². The van der Waals surface area contributed by atoms with E-state index in [2.05, 4.69) is 55.3 Å². The molecule has 24 heavy (non-hydrogen) atoms. The van der Waals surface area contributed by atoms with E-state index < -0.39 is 5.41 Å². The van der Waals surface area contributed by atoms with E-state index in [0.29, 0.717) is 0 Å². The summed E-state index contributed by atoms with van der Waals surface area (Å²) in [6, 6.07) is 8.58. The van der Waals surface area contributed by atoms with Crippen molar-refractivity contribution < 1.29 is 4.79 Å². The SMILES string of the molecule is CCc1ccc(C(C)(C)C(=O)N2CC[C@@H]3CNC[C@@H]3CC2)cc1.Cl. The number of benzene rings is 1. The molecule has 1 aromatic carbocycles. The molecule has 134 valence electrons. The number of amides is 1. The standard InChI is InChI=1S/C20H30N2O.ClH/c1-4-15-5-7-18(8-6-15)20(2,3)19(23)22-11-9-16-13-21-14-17(16)10-12-22;/h5-8,16-17,21H,4,9-14H2,1-3H3;1H/t16-,17+;. The molecule has 0 spiro atoms. The molecule has 0 unspecified atom stereocenters. The molecule has 2 saturated heterocycles. The maximum Gasteiger partial charge on any atom is 0.232 e. The summed E-state index contributed by atoms with van der Waals surface area (Å²) in [5.74, 6) is 1.81. The molecular weight excluding hydrogens is 320 g/mol. The zero-order valence-electron chi connectivity index (χ0n) is 15.2. The first-order chi connectivity index (χ1) is 11.0. The molecule has 2 fully saturated rings. The van der Waals surface area contributed by atoms with Crippen LogP contribution in [0.1, 0.15) is 44.7 Å². The molecule has 2 aliphatic heterocycles. The first-order valence-corrected chi connectivity index (χ1v) is 9.12. The highest BCUT2D eigenvalue weighted by Crippen LogP contribution is 2.31. The lowest BCUT2D eigenvalue weighted by Crippen LogP contribution is -2.44. The highest BCUT2D eigenvalue weighted by atomic mass is 35.5. The fraction of sp³-hybridized carbons (Fsp3) is 0.650. The van der Waals surface area contributed by atoms with Crippen LogP contribution >= 0.6 is 12.4 Å². The van der Waals surface area contributed by atoms with Gasteiger partial charge >= 0.3 is 0 Å². The van der Waals surface area contributed by atoms with Gasteiger partial charge in [-0.15, -0.1) is 12.4 Å². The molecule has 0 aliphatic carbocycles. The lowest BCUT2D eigenvalue weighted by molar-refractivity contribution is -0.136. The molecule has 0 radical (unpaired) electrons. The summed E-state index contributed by atoms with van der Waals surface area (Å²) in [6.07, 6.45) is 3.33. The van der Waals surface area contributed by atoms with Gasteiger partial charge in [-0.05, 0) is 69.2 Å². The van der Waals surface area contributed by atoms with E-state index in [1.807, 2.05) is 0 Å². The number of hydrogen-bond donors (Lipinski definition) is 1. The molecule has 4 heteroatoms. The summed E-state index contributed by atoms with van der Waals surface area (Å²) in [7, 11) is 0. The third-order valence-electron chi connectivity index (χ3n) is 5.93. The van der Waals surface area contributed by atoms with Gasteiger partial charge in [-0.25, -0.2) is 0 Å². The Morgan fingerprint density at radius 2 is 1.67 bits per heavy atom. The van der Waals surface area contributed by atoms with Gasteiger partial charge in [-0.3, -0.25) is 4.79 Å².